The third kappa shape index (κ3) is 2.39. The van der Waals surface area contributed by atoms with Gasteiger partial charge >= 0.3 is 0 Å². The maximum Gasteiger partial charge on any atom is 0.229 e. The molecule has 1 spiro atoms. The second-order valence-electron chi connectivity index (χ2n) is 7.21. The predicted octanol–water partition coefficient (Wildman–Crippen LogP) is 0.764. The average molecular weight is 296 g/mol. The van der Waals surface area contributed by atoms with Gasteiger partial charge in [-0.2, -0.15) is 0 Å². The minimum atomic E-state index is -0.255. The van der Waals surface area contributed by atoms with E-state index in [0.29, 0.717) is 6.61 Å². The van der Waals surface area contributed by atoms with Gasteiger partial charge in [-0.15, -0.1) is 0 Å². The number of rotatable bonds is 3. The molecular formula is C16H28N2O3. The lowest BCUT2D eigenvalue weighted by molar-refractivity contribution is -0.211. The van der Waals surface area contributed by atoms with Crippen molar-refractivity contribution in [3.63, 3.8) is 0 Å². The highest BCUT2D eigenvalue weighted by Gasteiger charge is 2.56. The summed E-state index contributed by atoms with van der Waals surface area (Å²) in [6.07, 6.45) is 3.34. The van der Waals surface area contributed by atoms with Crippen molar-refractivity contribution in [1.82, 2.24) is 10.2 Å². The van der Waals surface area contributed by atoms with E-state index >= 15 is 0 Å². The average Bonchev–Trinajstić information content (AvgIpc) is 2.94. The molecule has 3 atom stereocenters. The molecule has 3 fully saturated rings. The molecular weight excluding hydrogens is 268 g/mol. The fraction of sp³-hybridized carbons (Fsp3) is 0.938. The highest BCUT2D eigenvalue weighted by atomic mass is 16.5. The number of nitrogens with one attached hydrogen (secondary N) is 1. The number of piperidine rings is 1. The summed E-state index contributed by atoms with van der Waals surface area (Å²) < 4.78 is 5.78. The molecule has 1 amide bonds. The van der Waals surface area contributed by atoms with E-state index in [2.05, 4.69) is 12.2 Å². The Bertz CT molecular complexity index is 396. The van der Waals surface area contributed by atoms with E-state index in [-0.39, 0.29) is 28.9 Å². The zero-order valence-electron chi connectivity index (χ0n) is 13.2. The normalized spacial score (nSPS) is 38.5. The van der Waals surface area contributed by atoms with Crippen LogP contribution < -0.4 is 5.32 Å². The van der Waals surface area contributed by atoms with Crippen molar-refractivity contribution in [3.8, 4) is 0 Å². The first-order valence-corrected chi connectivity index (χ1v) is 8.32. The molecule has 21 heavy (non-hydrogen) atoms. The van der Waals surface area contributed by atoms with Crippen molar-refractivity contribution in [2.24, 2.45) is 10.8 Å². The first kappa shape index (κ1) is 15.3. The van der Waals surface area contributed by atoms with Gasteiger partial charge in [-0.3, -0.25) is 4.79 Å². The molecule has 0 aromatic rings. The van der Waals surface area contributed by atoms with Crippen LogP contribution in [0.2, 0.25) is 0 Å². The summed E-state index contributed by atoms with van der Waals surface area (Å²) in [5.74, 6) is 0.282. The number of likely N-dealkylation sites (tertiary alicyclic amines) is 1. The van der Waals surface area contributed by atoms with Crippen molar-refractivity contribution < 1.29 is 14.6 Å². The minimum Gasteiger partial charge on any atom is -0.392 e. The number of hydrogen-bond donors (Lipinski definition) is 2. The van der Waals surface area contributed by atoms with E-state index in [1.165, 1.54) is 0 Å². The smallest absolute Gasteiger partial charge is 0.229 e. The zero-order chi connectivity index (χ0) is 15.1. The maximum atomic E-state index is 12.7. The molecule has 1 saturated carbocycles. The Morgan fingerprint density at radius 2 is 2.10 bits per heavy atom. The molecule has 0 aromatic heterocycles. The molecule has 2 saturated heterocycles. The lowest BCUT2D eigenvalue weighted by Crippen LogP contribution is -2.63. The van der Waals surface area contributed by atoms with E-state index in [9.17, 15) is 9.90 Å². The molecule has 2 N–H and O–H groups in total. The van der Waals surface area contributed by atoms with Crippen molar-refractivity contribution >= 4 is 5.91 Å². The Labute approximate surface area is 127 Å². The summed E-state index contributed by atoms with van der Waals surface area (Å²) >= 11 is 0. The Hall–Kier alpha value is -0.650. The number of nitrogens with zero attached hydrogens (tertiary/aromatic N) is 1. The monoisotopic (exact) mass is 296 g/mol. The molecule has 120 valence electrons. The van der Waals surface area contributed by atoms with E-state index in [4.69, 9.17) is 4.74 Å². The van der Waals surface area contributed by atoms with Crippen LogP contribution in [0.4, 0.5) is 0 Å². The van der Waals surface area contributed by atoms with Crippen LogP contribution >= 0.6 is 0 Å². The molecule has 5 nitrogen and oxygen atoms in total. The standard InChI is InChI=1S/C16H28N2O3/c1-3-21-13-10-12(19)16(13)5-8-18(9-6-16)14(20)15(2)4-7-17-11-15/h12-13,17,19H,3-11H2,1-2H3. The van der Waals surface area contributed by atoms with Crippen LogP contribution in [-0.4, -0.2) is 60.9 Å². The summed E-state index contributed by atoms with van der Waals surface area (Å²) in [4.78, 5) is 14.7. The number of aliphatic hydroxyl groups is 1. The molecule has 2 heterocycles. The molecule has 0 bridgehead atoms. The van der Waals surface area contributed by atoms with Crippen LogP contribution in [0.1, 0.15) is 39.5 Å². The lowest BCUT2D eigenvalue weighted by atomic mass is 9.58. The van der Waals surface area contributed by atoms with Gasteiger partial charge in [0.15, 0.2) is 0 Å². The number of carbonyl (C=O) groups excluding carboxylic acids is 1. The van der Waals surface area contributed by atoms with E-state index < -0.39 is 0 Å². The van der Waals surface area contributed by atoms with Crippen LogP contribution in [0.5, 0.6) is 0 Å². The Kier molecular flexibility index (Phi) is 4.01. The van der Waals surface area contributed by atoms with E-state index in [0.717, 1.165) is 51.9 Å². The Balaban J connectivity index is 1.61. The van der Waals surface area contributed by atoms with Crippen molar-refractivity contribution in [3.05, 3.63) is 0 Å². The number of amides is 1. The second kappa shape index (κ2) is 5.52. The van der Waals surface area contributed by atoms with Gasteiger partial charge in [0, 0.05) is 38.1 Å². The molecule has 3 unspecified atom stereocenters. The first-order chi connectivity index (χ1) is 10.0. The fourth-order valence-electron chi connectivity index (χ4n) is 4.32. The van der Waals surface area contributed by atoms with Gasteiger partial charge in [-0.1, -0.05) is 0 Å². The minimum absolute atomic E-state index is 0.0956. The lowest BCUT2D eigenvalue weighted by Gasteiger charge is -2.57. The Morgan fingerprint density at radius 1 is 1.38 bits per heavy atom. The van der Waals surface area contributed by atoms with Crippen LogP contribution in [0.3, 0.4) is 0 Å². The van der Waals surface area contributed by atoms with E-state index in [1.54, 1.807) is 0 Å². The second-order valence-corrected chi connectivity index (χ2v) is 7.21. The quantitative estimate of drug-likeness (QED) is 0.807. The molecule has 0 radical (unpaired) electrons. The molecule has 3 rings (SSSR count). The number of aliphatic hydroxyl groups excluding tert-OH is 1. The van der Waals surface area contributed by atoms with Crippen molar-refractivity contribution in [2.45, 2.75) is 51.7 Å². The molecule has 1 aliphatic carbocycles. The van der Waals surface area contributed by atoms with Crippen LogP contribution in [0, 0.1) is 10.8 Å². The third-order valence-electron chi connectivity index (χ3n) is 5.98. The molecule has 2 aliphatic heterocycles. The summed E-state index contributed by atoms with van der Waals surface area (Å²) in [7, 11) is 0. The molecule has 5 heteroatoms. The first-order valence-electron chi connectivity index (χ1n) is 8.32. The van der Waals surface area contributed by atoms with Crippen molar-refractivity contribution in [2.75, 3.05) is 32.8 Å². The summed E-state index contributed by atoms with van der Waals surface area (Å²) in [5.41, 5.74) is -0.330. The van der Waals surface area contributed by atoms with Gasteiger partial charge in [-0.25, -0.2) is 0 Å². The van der Waals surface area contributed by atoms with Crippen molar-refractivity contribution in [1.29, 1.82) is 0 Å². The highest BCUT2D eigenvalue weighted by molar-refractivity contribution is 5.83. The highest BCUT2D eigenvalue weighted by Crippen LogP contribution is 2.51. The zero-order valence-corrected chi connectivity index (χ0v) is 13.2. The maximum absolute atomic E-state index is 12.7. The SMILES string of the molecule is CCOC1CC(O)C12CCN(C(=O)C1(C)CCNC1)CC2. The van der Waals surface area contributed by atoms with Crippen LogP contribution in [0.15, 0.2) is 0 Å². The fourth-order valence-corrected chi connectivity index (χ4v) is 4.32. The molecule has 0 aromatic carbocycles. The van der Waals surface area contributed by atoms with Crippen LogP contribution in [0.25, 0.3) is 0 Å². The molecule has 3 aliphatic rings. The van der Waals surface area contributed by atoms with Gasteiger partial charge in [0.25, 0.3) is 0 Å². The third-order valence-corrected chi connectivity index (χ3v) is 5.98. The summed E-state index contributed by atoms with van der Waals surface area (Å²) in [5, 5.41) is 13.5. The van der Waals surface area contributed by atoms with E-state index in [1.807, 2.05) is 11.8 Å². The van der Waals surface area contributed by atoms with Gasteiger partial charge in [-0.05, 0) is 39.7 Å². The van der Waals surface area contributed by atoms with Gasteiger partial charge in [0.1, 0.15) is 0 Å². The number of carbonyl (C=O) groups is 1. The summed E-state index contributed by atoms with van der Waals surface area (Å²) in [6, 6.07) is 0. The topological polar surface area (TPSA) is 61.8 Å². The van der Waals surface area contributed by atoms with Crippen LogP contribution in [-0.2, 0) is 9.53 Å². The number of ether oxygens (including phenoxy) is 1. The summed E-state index contributed by atoms with van der Waals surface area (Å²) in [6.45, 7) is 8.02. The number of hydrogen-bond acceptors (Lipinski definition) is 4. The van der Waals surface area contributed by atoms with Gasteiger partial charge in [0.05, 0.1) is 17.6 Å². The predicted molar refractivity (Wildman–Crippen MR) is 79.9 cm³/mol. The van der Waals surface area contributed by atoms with Gasteiger partial charge in [0.2, 0.25) is 5.91 Å². The van der Waals surface area contributed by atoms with Gasteiger partial charge < -0.3 is 20.1 Å². The largest absolute Gasteiger partial charge is 0.392 e. The Morgan fingerprint density at radius 3 is 2.62 bits per heavy atom.